The monoisotopic (exact) mass is 236 g/mol. The Labute approximate surface area is 101 Å². The maximum absolute atomic E-state index is 8.00. The average Bonchev–Trinajstić information content (AvgIpc) is 2.89. The maximum atomic E-state index is 8.00. The van der Waals surface area contributed by atoms with E-state index < -0.39 is 0 Å². The maximum Gasteiger partial charge on any atom is 0.0982 e. The average molecular weight is 236 g/mol. The third-order valence-electron chi connectivity index (χ3n) is 3.52. The molecule has 2 fully saturated rings. The Balaban J connectivity index is 1.76. The van der Waals surface area contributed by atoms with Crippen LogP contribution in [-0.2, 0) is 0 Å². The van der Waals surface area contributed by atoms with Crippen molar-refractivity contribution < 1.29 is 0 Å². The third-order valence-corrected chi connectivity index (χ3v) is 3.52. The van der Waals surface area contributed by atoms with E-state index in [-0.39, 0.29) is 11.9 Å². The number of rotatable bonds is 4. The first-order valence-corrected chi connectivity index (χ1v) is 5.97. The lowest BCUT2D eigenvalue weighted by molar-refractivity contribution is 0.186. The molecule has 6 heteroatoms. The first-order valence-electron chi connectivity index (χ1n) is 5.97. The summed E-state index contributed by atoms with van der Waals surface area (Å²) < 4.78 is 0. The predicted octanol–water partition coefficient (Wildman–Crippen LogP) is 0.436. The van der Waals surface area contributed by atoms with Gasteiger partial charge in [0.05, 0.1) is 23.5 Å². The van der Waals surface area contributed by atoms with Gasteiger partial charge >= 0.3 is 0 Å². The van der Waals surface area contributed by atoms with Crippen LogP contribution in [0.1, 0.15) is 26.2 Å². The van der Waals surface area contributed by atoms with E-state index in [9.17, 15) is 0 Å². The number of nitrogens with zero attached hydrogens (tertiary/aromatic N) is 2. The first kappa shape index (κ1) is 11.9. The second-order valence-corrected chi connectivity index (χ2v) is 4.91. The Kier molecular flexibility index (Phi) is 3.04. The summed E-state index contributed by atoms with van der Waals surface area (Å²) in [6.45, 7) is 3.60. The van der Waals surface area contributed by atoms with Crippen molar-refractivity contribution in [3.8, 4) is 0 Å². The first-order chi connectivity index (χ1) is 7.99. The molecule has 2 saturated heterocycles. The van der Waals surface area contributed by atoms with Gasteiger partial charge < -0.3 is 15.5 Å². The number of amidine groups is 3. The predicted molar refractivity (Wildman–Crippen MR) is 67.9 cm³/mol. The Hall–Kier alpha value is -1.59. The molecule has 2 aliphatic heterocycles. The lowest BCUT2D eigenvalue weighted by Gasteiger charge is -2.42. The van der Waals surface area contributed by atoms with Gasteiger partial charge in [0.25, 0.3) is 0 Å². The van der Waals surface area contributed by atoms with E-state index in [1.165, 1.54) is 0 Å². The van der Waals surface area contributed by atoms with Crippen molar-refractivity contribution in [3.63, 3.8) is 0 Å². The molecule has 0 aromatic heterocycles. The molecule has 0 saturated carbocycles. The molecule has 2 atom stereocenters. The van der Waals surface area contributed by atoms with Crippen molar-refractivity contribution in [2.45, 2.75) is 38.3 Å². The van der Waals surface area contributed by atoms with Crippen LogP contribution in [0, 0.1) is 16.2 Å². The lowest BCUT2D eigenvalue weighted by Crippen LogP contribution is -2.51. The highest BCUT2D eigenvalue weighted by molar-refractivity contribution is 5.86. The fraction of sp³-hybridized carbons (Fsp3) is 0.727. The summed E-state index contributed by atoms with van der Waals surface area (Å²) in [5.41, 5.74) is 5.35. The zero-order valence-electron chi connectivity index (χ0n) is 10.2. The molecule has 0 aromatic carbocycles. The smallest absolute Gasteiger partial charge is 0.0982 e. The third kappa shape index (κ3) is 2.57. The van der Waals surface area contributed by atoms with Crippen molar-refractivity contribution in [1.82, 2.24) is 9.80 Å². The van der Waals surface area contributed by atoms with E-state index in [0.717, 1.165) is 19.5 Å². The van der Waals surface area contributed by atoms with Gasteiger partial charge in [0.1, 0.15) is 0 Å². The van der Waals surface area contributed by atoms with Gasteiger partial charge in [-0.15, -0.1) is 0 Å². The van der Waals surface area contributed by atoms with Gasteiger partial charge in [-0.25, -0.2) is 0 Å². The van der Waals surface area contributed by atoms with Crippen LogP contribution in [0.2, 0.25) is 0 Å². The second kappa shape index (κ2) is 4.35. The van der Waals surface area contributed by atoms with Crippen LogP contribution in [0.25, 0.3) is 0 Å². The lowest BCUT2D eigenvalue weighted by atomic mass is 9.99. The van der Waals surface area contributed by atoms with Gasteiger partial charge in [-0.2, -0.15) is 0 Å². The van der Waals surface area contributed by atoms with Crippen LogP contribution in [0.4, 0.5) is 0 Å². The van der Waals surface area contributed by atoms with Crippen molar-refractivity contribution >= 4 is 17.5 Å². The molecule has 2 aliphatic rings. The summed E-state index contributed by atoms with van der Waals surface area (Å²) in [5.74, 6) is 1.43. The summed E-state index contributed by atoms with van der Waals surface area (Å²) >= 11 is 0. The minimum absolute atomic E-state index is 0.200. The molecule has 0 bridgehead atoms. The van der Waals surface area contributed by atoms with E-state index >= 15 is 0 Å². The van der Waals surface area contributed by atoms with Crippen molar-refractivity contribution in [3.05, 3.63) is 0 Å². The van der Waals surface area contributed by atoms with Crippen LogP contribution >= 0.6 is 0 Å². The highest BCUT2D eigenvalue weighted by atomic mass is 15.3. The molecule has 2 rings (SSSR count). The molecule has 6 nitrogen and oxygen atoms in total. The van der Waals surface area contributed by atoms with E-state index in [4.69, 9.17) is 22.0 Å². The summed E-state index contributed by atoms with van der Waals surface area (Å²) in [4.78, 5) is 4.04. The molecule has 2 heterocycles. The Morgan fingerprint density at radius 1 is 1.18 bits per heavy atom. The number of hydrogen-bond acceptors (Lipinski definition) is 3. The topological polar surface area (TPSA) is 104 Å². The molecule has 5 N–H and O–H groups in total. The molecule has 17 heavy (non-hydrogen) atoms. The van der Waals surface area contributed by atoms with Crippen LogP contribution in [0.15, 0.2) is 0 Å². The number of nitrogens with one attached hydrogen (secondary N) is 3. The van der Waals surface area contributed by atoms with Gasteiger partial charge in [-0.05, 0) is 13.3 Å². The quantitative estimate of drug-likeness (QED) is 0.323. The Morgan fingerprint density at radius 2 is 1.88 bits per heavy atom. The van der Waals surface area contributed by atoms with Crippen molar-refractivity contribution in [2.24, 2.45) is 5.73 Å². The van der Waals surface area contributed by atoms with Gasteiger partial charge in [0, 0.05) is 32.0 Å². The summed E-state index contributed by atoms with van der Waals surface area (Å²) in [6.07, 6.45) is 2.36. The molecule has 0 radical (unpaired) electrons. The van der Waals surface area contributed by atoms with Crippen LogP contribution < -0.4 is 5.73 Å². The molecule has 2 unspecified atom stereocenters. The molecule has 0 spiro atoms. The van der Waals surface area contributed by atoms with Gasteiger partial charge in [0.2, 0.25) is 0 Å². The Bertz CT molecular complexity index is 363. The fourth-order valence-electron chi connectivity index (χ4n) is 2.37. The fourth-order valence-corrected chi connectivity index (χ4v) is 2.37. The van der Waals surface area contributed by atoms with E-state index in [2.05, 4.69) is 0 Å². The SMILES string of the molecule is CC(=N)N1CCC1CC(=N)N1CC1CC(=N)N. The molecular weight excluding hydrogens is 216 g/mol. The summed E-state index contributed by atoms with van der Waals surface area (Å²) in [6, 6.07) is 0.605. The highest BCUT2D eigenvalue weighted by Crippen LogP contribution is 2.27. The normalized spacial score (nSPS) is 26.4. The van der Waals surface area contributed by atoms with Crippen molar-refractivity contribution in [1.29, 1.82) is 16.2 Å². The molecule has 94 valence electrons. The van der Waals surface area contributed by atoms with E-state index in [1.807, 2.05) is 9.80 Å². The summed E-state index contributed by atoms with van der Waals surface area (Å²) in [5, 5.41) is 22.8. The largest absolute Gasteiger partial charge is 0.388 e. The van der Waals surface area contributed by atoms with Crippen LogP contribution in [0.3, 0.4) is 0 Å². The molecule has 0 aromatic rings. The van der Waals surface area contributed by atoms with Crippen LogP contribution in [-0.4, -0.2) is 52.5 Å². The Morgan fingerprint density at radius 3 is 2.35 bits per heavy atom. The van der Waals surface area contributed by atoms with Gasteiger partial charge in [-0.1, -0.05) is 0 Å². The molecule has 0 amide bonds. The number of hydrogen-bond donors (Lipinski definition) is 4. The minimum Gasteiger partial charge on any atom is -0.388 e. The van der Waals surface area contributed by atoms with Gasteiger partial charge in [-0.3, -0.25) is 16.2 Å². The molecule has 0 aliphatic carbocycles. The number of likely N-dealkylation sites (tertiary alicyclic amines) is 1. The zero-order chi connectivity index (χ0) is 12.6. The standard InChI is InChI=1S/C11H20N6/c1-7(12)16-3-2-8(16)5-11(15)17-6-9(17)4-10(13)14/h8-9,12,15H,2-6H2,1H3,(H3,13,14). The van der Waals surface area contributed by atoms with E-state index in [0.29, 0.717) is 30.6 Å². The van der Waals surface area contributed by atoms with E-state index in [1.54, 1.807) is 6.92 Å². The second-order valence-electron chi connectivity index (χ2n) is 4.91. The van der Waals surface area contributed by atoms with Crippen molar-refractivity contribution in [2.75, 3.05) is 13.1 Å². The number of nitrogens with two attached hydrogens (primary N) is 1. The minimum atomic E-state index is 0.200. The zero-order valence-corrected chi connectivity index (χ0v) is 10.2. The van der Waals surface area contributed by atoms with Gasteiger partial charge in [0.15, 0.2) is 0 Å². The highest BCUT2D eigenvalue weighted by Gasteiger charge is 2.39. The van der Waals surface area contributed by atoms with Crippen LogP contribution in [0.5, 0.6) is 0 Å². The molecular formula is C11H20N6. The summed E-state index contributed by atoms with van der Waals surface area (Å²) in [7, 11) is 0.